The van der Waals surface area contributed by atoms with Crippen LogP contribution in [0, 0.1) is 0 Å². The molecule has 1 nitrogen and oxygen atoms in total. The maximum atomic E-state index is 3.76. The molecule has 1 N–H and O–H groups in total. The van der Waals surface area contributed by atoms with Crippen LogP contribution in [0.2, 0.25) is 0 Å². The van der Waals surface area contributed by atoms with Crippen molar-refractivity contribution in [1.29, 1.82) is 0 Å². The topological polar surface area (TPSA) is 12.0 Å². The van der Waals surface area contributed by atoms with Gasteiger partial charge in [0.1, 0.15) is 0 Å². The highest BCUT2D eigenvalue weighted by atomic mass is 32.2. The molecule has 0 heterocycles. The second kappa shape index (κ2) is 6.32. The normalized spacial score (nSPS) is 26.8. The van der Waals surface area contributed by atoms with Crippen LogP contribution in [0.15, 0.2) is 24.3 Å². The van der Waals surface area contributed by atoms with Gasteiger partial charge in [-0.05, 0) is 54.9 Å². The standard InChI is InChI=1S/C17H25NS/c1-2-19-17-9-8-16(11-17)18-12-13-4-3-5-15(10-13)14-6-7-14/h3-5,10,14,16-18H,2,6-9,11-12H2,1H3. The van der Waals surface area contributed by atoms with Crippen molar-refractivity contribution in [1.82, 2.24) is 5.32 Å². The summed E-state index contributed by atoms with van der Waals surface area (Å²) in [5.41, 5.74) is 3.03. The maximum Gasteiger partial charge on any atom is 0.0208 e. The molecule has 0 spiro atoms. The van der Waals surface area contributed by atoms with E-state index in [0.717, 1.165) is 23.8 Å². The van der Waals surface area contributed by atoms with E-state index in [0.29, 0.717) is 0 Å². The molecule has 2 heteroatoms. The molecule has 2 fully saturated rings. The van der Waals surface area contributed by atoms with E-state index in [2.05, 4.69) is 48.3 Å². The Morgan fingerprint density at radius 3 is 2.89 bits per heavy atom. The van der Waals surface area contributed by atoms with Crippen molar-refractivity contribution < 1.29 is 0 Å². The molecule has 0 amide bonds. The van der Waals surface area contributed by atoms with Gasteiger partial charge < -0.3 is 5.32 Å². The van der Waals surface area contributed by atoms with E-state index < -0.39 is 0 Å². The Morgan fingerprint density at radius 1 is 1.21 bits per heavy atom. The van der Waals surface area contributed by atoms with Gasteiger partial charge in [-0.25, -0.2) is 0 Å². The first-order valence-electron chi connectivity index (χ1n) is 7.79. The quantitative estimate of drug-likeness (QED) is 0.829. The molecule has 0 saturated heterocycles. The van der Waals surface area contributed by atoms with Gasteiger partial charge in [-0.1, -0.05) is 31.2 Å². The number of hydrogen-bond acceptors (Lipinski definition) is 2. The molecule has 2 unspecified atom stereocenters. The summed E-state index contributed by atoms with van der Waals surface area (Å²) in [4.78, 5) is 0. The van der Waals surface area contributed by atoms with Crippen LogP contribution in [0.3, 0.4) is 0 Å². The molecule has 2 aliphatic rings. The molecular weight excluding hydrogens is 250 g/mol. The highest BCUT2D eigenvalue weighted by molar-refractivity contribution is 7.99. The van der Waals surface area contributed by atoms with Crippen LogP contribution in [-0.4, -0.2) is 17.0 Å². The van der Waals surface area contributed by atoms with E-state index >= 15 is 0 Å². The van der Waals surface area contributed by atoms with E-state index in [1.54, 1.807) is 5.56 Å². The van der Waals surface area contributed by atoms with Gasteiger partial charge in [0.15, 0.2) is 0 Å². The van der Waals surface area contributed by atoms with Crippen molar-refractivity contribution in [3.63, 3.8) is 0 Å². The Morgan fingerprint density at radius 2 is 2.11 bits per heavy atom. The lowest BCUT2D eigenvalue weighted by Crippen LogP contribution is -2.26. The molecule has 2 saturated carbocycles. The van der Waals surface area contributed by atoms with Crippen molar-refractivity contribution in [3.8, 4) is 0 Å². The second-order valence-corrected chi connectivity index (χ2v) is 7.56. The SMILES string of the molecule is CCSC1CCC(NCc2cccc(C3CC3)c2)C1. The van der Waals surface area contributed by atoms with Crippen molar-refractivity contribution in [2.24, 2.45) is 0 Å². The zero-order valence-corrected chi connectivity index (χ0v) is 12.7. The molecule has 3 rings (SSSR count). The minimum atomic E-state index is 0.744. The Labute approximate surface area is 121 Å². The van der Waals surface area contributed by atoms with Crippen LogP contribution in [0.1, 0.15) is 56.1 Å². The van der Waals surface area contributed by atoms with Crippen molar-refractivity contribution >= 4 is 11.8 Å². The predicted octanol–water partition coefficient (Wildman–Crippen LogP) is 4.33. The first-order valence-corrected chi connectivity index (χ1v) is 8.84. The molecule has 1 aromatic carbocycles. The van der Waals surface area contributed by atoms with Crippen LogP contribution < -0.4 is 5.32 Å². The van der Waals surface area contributed by atoms with Gasteiger partial charge in [0.2, 0.25) is 0 Å². The molecule has 2 atom stereocenters. The van der Waals surface area contributed by atoms with Gasteiger partial charge in [-0.15, -0.1) is 0 Å². The summed E-state index contributed by atoms with van der Waals surface area (Å²) < 4.78 is 0. The lowest BCUT2D eigenvalue weighted by molar-refractivity contribution is 0.525. The van der Waals surface area contributed by atoms with Gasteiger partial charge in [0, 0.05) is 17.8 Å². The van der Waals surface area contributed by atoms with Crippen LogP contribution in [0.4, 0.5) is 0 Å². The van der Waals surface area contributed by atoms with Gasteiger partial charge in [-0.2, -0.15) is 11.8 Å². The third-order valence-electron chi connectivity index (χ3n) is 4.38. The monoisotopic (exact) mass is 275 g/mol. The summed E-state index contributed by atoms with van der Waals surface area (Å²) in [5.74, 6) is 2.14. The van der Waals surface area contributed by atoms with Gasteiger partial charge in [0.25, 0.3) is 0 Å². The van der Waals surface area contributed by atoms with Gasteiger partial charge >= 0.3 is 0 Å². The Hall–Kier alpha value is -0.470. The molecule has 104 valence electrons. The fraction of sp³-hybridized carbons (Fsp3) is 0.647. The maximum absolute atomic E-state index is 3.76. The summed E-state index contributed by atoms with van der Waals surface area (Å²) in [5, 5.41) is 4.66. The minimum absolute atomic E-state index is 0.744. The Bertz CT molecular complexity index is 413. The van der Waals surface area contributed by atoms with E-state index in [4.69, 9.17) is 0 Å². The number of thioether (sulfide) groups is 1. The van der Waals surface area contributed by atoms with Gasteiger partial charge in [0.05, 0.1) is 0 Å². The lowest BCUT2D eigenvalue weighted by Gasteiger charge is -2.13. The summed E-state index contributed by atoms with van der Waals surface area (Å²) in [7, 11) is 0. The van der Waals surface area contributed by atoms with Crippen LogP contribution in [0.5, 0.6) is 0 Å². The van der Waals surface area contributed by atoms with Crippen molar-refractivity contribution in [2.75, 3.05) is 5.75 Å². The molecule has 19 heavy (non-hydrogen) atoms. The Kier molecular flexibility index (Phi) is 4.49. The fourth-order valence-corrected chi connectivity index (χ4v) is 4.29. The fourth-order valence-electron chi connectivity index (χ4n) is 3.15. The number of nitrogens with one attached hydrogen (secondary N) is 1. The number of hydrogen-bond donors (Lipinski definition) is 1. The van der Waals surface area contributed by atoms with Crippen LogP contribution >= 0.6 is 11.8 Å². The summed E-state index contributed by atoms with van der Waals surface area (Å²) in [6.07, 6.45) is 6.92. The number of benzene rings is 1. The summed E-state index contributed by atoms with van der Waals surface area (Å²) in [6, 6.07) is 9.96. The smallest absolute Gasteiger partial charge is 0.0208 e. The first kappa shape index (κ1) is 13.5. The second-order valence-electron chi connectivity index (χ2n) is 5.99. The highest BCUT2D eigenvalue weighted by Crippen LogP contribution is 2.40. The first-order chi connectivity index (χ1) is 9.35. The highest BCUT2D eigenvalue weighted by Gasteiger charge is 2.25. The molecule has 0 aliphatic heterocycles. The van der Waals surface area contributed by atoms with E-state index in [1.165, 1.54) is 43.4 Å². The van der Waals surface area contributed by atoms with E-state index in [-0.39, 0.29) is 0 Å². The minimum Gasteiger partial charge on any atom is -0.310 e. The molecule has 2 aliphatic carbocycles. The zero-order valence-electron chi connectivity index (χ0n) is 11.9. The third-order valence-corrected chi connectivity index (χ3v) is 5.61. The molecule has 0 aromatic heterocycles. The summed E-state index contributed by atoms with van der Waals surface area (Å²) >= 11 is 2.14. The lowest BCUT2D eigenvalue weighted by atomic mass is 10.1. The van der Waals surface area contributed by atoms with Crippen LogP contribution in [0.25, 0.3) is 0 Å². The van der Waals surface area contributed by atoms with E-state index in [9.17, 15) is 0 Å². The zero-order chi connectivity index (χ0) is 13.1. The average molecular weight is 275 g/mol. The number of rotatable bonds is 6. The molecule has 1 aromatic rings. The van der Waals surface area contributed by atoms with Crippen molar-refractivity contribution in [2.45, 2.75) is 62.8 Å². The third kappa shape index (κ3) is 3.76. The molecular formula is C17H25NS. The molecule has 0 radical (unpaired) electrons. The summed E-state index contributed by atoms with van der Waals surface area (Å²) in [6.45, 7) is 3.32. The van der Waals surface area contributed by atoms with E-state index in [1.807, 2.05) is 0 Å². The van der Waals surface area contributed by atoms with Crippen LogP contribution in [-0.2, 0) is 6.54 Å². The van der Waals surface area contributed by atoms with Crippen molar-refractivity contribution in [3.05, 3.63) is 35.4 Å². The average Bonchev–Trinajstić information content (AvgIpc) is 3.19. The predicted molar refractivity (Wildman–Crippen MR) is 84.8 cm³/mol. The van der Waals surface area contributed by atoms with Gasteiger partial charge in [-0.3, -0.25) is 0 Å². The largest absolute Gasteiger partial charge is 0.310 e. The Balaban J connectivity index is 1.48. The molecule has 0 bridgehead atoms.